The van der Waals surface area contributed by atoms with Gasteiger partial charge in [0.25, 0.3) is 5.91 Å². The Kier molecular flexibility index (Phi) is 7.65. The molecule has 1 unspecified atom stereocenters. The van der Waals surface area contributed by atoms with Gasteiger partial charge >= 0.3 is 12.0 Å². The Balaban J connectivity index is 1.39. The predicted molar refractivity (Wildman–Crippen MR) is 116 cm³/mol. The van der Waals surface area contributed by atoms with Crippen molar-refractivity contribution in [1.29, 1.82) is 5.26 Å². The number of esters is 1. The van der Waals surface area contributed by atoms with Crippen LogP contribution in [-0.4, -0.2) is 66.6 Å². The number of carbonyl (C=O) groups is 3. The maximum Gasteiger partial charge on any atom is 0.347 e. The normalized spacial score (nSPS) is 14.1. The van der Waals surface area contributed by atoms with E-state index in [1.807, 2.05) is 24.3 Å². The Morgan fingerprint density at radius 3 is 2.25 bits per heavy atom. The third-order valence-corrected chi connectivity index (χ3v) is 4.91. The molecular formula is C23H24N4O5. The average molecular weight is 436 g/mol. The van der Waals surface area contributed by atoms with E-state index in [1.54, 1.807) is 46.2 Å². The monoisotopic (exact) mass is 436 g/mol. The molecule has 166 valence electrons. The number of nitriles is 1. The summed E-state index contributed by atoms with van der Waals surface area (Å²) >= 11 is 0. The number of hydrogen-bond acceptors (Lipinski definition) is 6. The molecule has 1 N–H and O–H groups in total. The number of para-hydroxylation sites is 1. The highest BCUT2D eigenvalue weighted by Gasteiger charge is 2.26. The smallest absolute Gasteiger partial charge is 0.347 e. The van der Waals surface area contributed by atoms with Gasteiger partial charge in [-0.15, -0.1) is 0 Å². The number of nitrogens with one attached hydrogen (secondary N) is 1. The minimum atomic E-state index is -0.908. The number of amides is 3. The summed E-state index contributed by atoms with van der Waals surface area (Å²) < 4.78 is 10.6. The van der Waals surface area contributed by atoms with Gasteiger partial charge in [-0.3, -0.25) is 4.79 Å². The van der Waals surface area contributed by atoms with Crippen molar-refractivity contribution >= 4 is 23.6 Å². The van der Waals surface area contributed by atoms with E-state index >= 15 is 0 Å². The van der Waals surface area contributed by atoms with Crippen LogP contribution in [-0.2, 0) is 14.3 Å². The molecule has 2 aromatic carbocycles. The van der Waals surface area contributed by atoms with Gasteiger partial charge in [0.1, 0.15) is 5.75 Å². The van der Waals surface area contributed by atoms with Crippen LogP contribution in [0, 0.1) is 11.3 Å². The second-order valence-electron chi connectivity index (χ2n) is 7.17. The molecule has 1 heterocycles. The van der Waals surface area contributed by atoms with Crippen LogP contribution in [0.2, 0.25) is 0 Å². The van der Waals surface area contributed by atoms with Crippen molar-refractivity contribution in [3.8, 4) is 11.8 Å². The summed E-state index contributed by atoms with van der Waals surface area (Å²) in [7, 11) is 0. The van der Waals surface area contributed by atoms with Gasteiger partial charge in [-0.2, -0.15) is 5.26 Å². The van der Waals surface area contributed by atoms with Crippen LogP contribution in [0.25, 0.3) is 0 Å². The number of benzene rings is 2. The van der Waals surface area contributed by atoms with Gasteiger partial charge in [-0.1, -0.05) is 18.2 Å². The summed E-state index contributed by atoms with van der Waals surface area (Å²) in [5.74, 6) is -0.569. The molecule has 0 aromatic heterocycles. The number of anilines is 1. The van der Waals surface area contributed by atoms with Crippen molar-refractivity contribution < 1.29 is 23.9 Å². The molecule has 2 aromatic rings. The Labute approximate surface area is 186 Å². The van der Waals surface area contributed by atoms with E-state index in [9.17, 15) is 14.4 Å². The lowest BCUT2D eigenvalue weighted by atomic mass is 10.2. The SMILES string of the molecule is CC(Oc1ccc(C#N)cc1)C(=O)OCC(=O)N1CCN(C(=O)Nc2ccccc2)CC1. The van der Waals surface area contributed by atoms with Gasteiger partial charge in [0.15, 0.2) is 12.7 Å². The van der Waals surface area contributed by atoms with Crippen LogP contribution in [0.4, 0.5) is 10.5 Å². The molecule has 1 fully saturated rings. The lowest BCUT2D eigenvalue weighted by molar-refractivity contribution is -0.157. The van der Waals surface area contributed by atoms with Crippen LogP contribution >= 0.6 is 0 Å². The first-order valence-electron chi connectivity index (χ1n) is 10.2. The first-order valence-corrected chi connectivity index (χ1v) is 10.2. The van der Waals surface area contributed by atoms with E-state index in [2.05, 4.69) is 5.32 Å². The van der Waals surface area contributed by atoms with Crippen molar-refractivity contribution in [2.75, 3.05) is 38.1 Å². The van der Waals surface area contributed by atoms with Gasteiger partial charge in [-0.05, 0) is 43.3 Å². The van der Waals surface area contributed by atoms with Gasteiger partial charge < -0.3 is 24.6 Å². The van der Waals surface area contributed by atoms with Crippen molar-refractivity contribution in [2.24, 2.45) is 0 Å². The molecule has 3 amide bonds. The predicted octanol–water partition coefficient (Wildman–Crippen LogP) is 2.25. The zero-order valence-corrected chi connectivity index (χ0v) is 17.7. The summed E-state index contributed by atoms with van der Waals surface area (Å²) in [5, 5.41) is 11.6. The minimum Gasteiger partial charge on any atom is -0.479 e. The van der Waals surface area contributed by atoms with E-state index in [4.69, 9.17) is 14.7 Å². The molecule has 0 aliphatic carbocycles. The van der Waals surface area contributed by atoms with Crippen LogP contribution in [0.5, 0.6) is 5.75 Å². The van der Waals surface area contributed by atoms with E-state index in [0.717, 1.165) is 0 Å². The zero-order valence-electron chi connectivity index (χ0n) is 17.7. The van der Waals surface area contributed by atoms with Crippen molar-refractivity contribution in [1.82, 2.24) is 9.80 Å². The number of rotatable bonds is 6. The molecular weight excluding hydrogens is 412 g/mol. The van der Waals surface area contributed by atoms with Crippen LogP contribution in [0.15, 0.2) is 54.6 Å². The molecule has 1 atom stereocenters. The molecule has 0 spiro atoms. The third-order valence-electron chi connectivity index (χ3n) is 4.91. The quantitative estimate of drug-likeness (QED) is 0.695. The van der Waals surface area contributed by atoms with E-state index in [-0.39, 0.29) is 11.9 Å². The number of urea groups is 1. The fraction of sp³-hybridized carbons (Fsp3) is 0.304. The van der Waals surface area contributed by atoms with E-state index in [0.29, 0.717) is 43.2 Å². The number of hydrogen-bond donors (Lipinski definition) is 1. The maximum atomic E-state index is 12.4. The third kappa shape index (κ3) is 6.22. The summed E-state index contributed by atoms with van der Waals surface area (Å²) in [4.78, 5) is 40.0. The molecule has 3 rings (SSSR count). The molecule has 9 heteroatoms. The Morgan fingerprint density at radius 2 is 1.62 bits per heavy atom. The second kappa shape index (κ2) is 10.8. The summed E-state index contributed by atoms with van der Waals surface area (Å²) in [5.41, 5.74) is 1.19. The maximum absolute atomic E-state index is 12.4. The van der Waals surface area contributed by atoms with Gasteiger partial charge in [0.2, 0.25) is 0 Å². The molecule has 1 aliphatic heterocycles. The highest BCUT2D eigenvalue weighted by molar-refractivity contribution is 5.89. The van der Waals surface area contributed by atoms with Gasteiger partial charge in [-0.25, -0.2) is 9.59 Å². The van der Waals surface area contributed by atoms with Crippen LogP contribution in [0.1, 0.15) is 12.5 Å². The summed E-state index contributed by atoms with van der Waals surface area (Å²) in [6.07, 6.45) is -0.908. The number of nitrogens with zero attached hydrogens (tertiary/aromatic N) is 3. The minimum absolute atomic E-state index is 0.219. The average Bonchev–Trinajstić information content (AvgIpc) is 2.83. The first kappa shape index (κ1) is 22.6. The molecule has 0 saturated carbocycles. The van der Waals surface area contributed by atoms with Crippen LogP contribution < -0.4 is 10.1 Å². The molecule has 32 heavy (non-hydrogen) atoms. The lowest BCUT2D eigenvalue weighted by Crippen LogP contribution is -2.52. The summed E-state index contributed by atoms with van der Waals surface area (Å²) in [6.45, 7) is 2.62. The molecule has 1 aliphatic rings. The van der Waals surface area contributed by atoms with E-state index in [1.165, 1.54) is 6.92 Å². The van der Waals surface area contributed by atoms with Gasteiger partial charge in [0.05, 0.1) is 11.6 Å². The van der Waals surface area contributed by atoms with Crippen LogP contribution in [0.3, 0.4) is 0 Å². The van der Waals surface area contributed by atoms with E-state index < -0.39 is 18.7 Å². The fourth-order valence-electron chi connectivity index (χ4n) is 3.08. The molecule has 0 bridgehead atoms. The molecule has 9 nitrogen and oxygen atoms in total. The topological polar surface area (TPSA) is 112 Å². The van der Waals surface area contributed by atoms with Crippen molar-refractivity contribution in [2.45, 2.75) is 13.0 Å². The first-order chi connectivity index (χ1) is 15.5. The highest BCUT2D eigenvalue weighted by atomic mass is 16.6. The number of ether oxygens (including phenoxy) is 2. The fourth-order valence-corrected chi connectivity index (χ4v) is 3.08. The highest BCUT2D eigenvalue weighted by Crippen LogP contribution is 2.14. The lowest BCUT2D eigenvalue weighted by Gasteiger charge is -2.34. The zero-order chi connectivity index (χ0) is 22.9. The Bertz CT molecular complexity index is 980. The molecule has 0 radical (unpaired) electrons. The van der Waals surface area contributed by atoms with Crippen molar-refractivity contribution in [3.05, 3.63) is 60.2 Å². The summed E-state index contributed by atoms with van der Waals surface area (Å²) in [6, 6.07) is 17.3. The Hall–Kier alpha value is -4.06. The molecule has 1 saturated heterocycles. The van der Waals surface area contributed by atoms with Gasteiger partial charge in [0, 0.05) is 31.9 Å². The second-order valence-corrected chi connectivity index (χ2v) is 7.17. The number of piperazine rings is 1. The number of carbonyl (C=O) groups excluding carboxylic acids is 3. The standard InChI is InChI=1S/C23H24N4O5/c1-17(32-20-9-7-18(15-24)8-10-20)22(29)31-16-21(28)26-11-13-27(14-12-26)23(30)25-19-5-3-2-4-6-19/h2-10,17H,11-14,16H2,1H3,(H,25,30). The Morgan fingerprint density at radius 1 is 1.00 bits per heavy atom. The van der Waals surface area contributed by atoms with Crippen molar-refractivity contribution in [3.63, 3.8) is 0 Å². The largest absolute Gasteiger partial charge is 0.479 e.